The third kappa shape index (κ3) is 2.82. The molecule has 2 rings (SSSR count). The van der Waals surface area contributed by atoms with Crippen LogP contribution in [0.25, 0.3) is 11.1 Å². The predicted molar refractivity (Wildman–Crippen MR) is 84.4 cm³/mol. The number of pyridine rings is 1. The highest BCUT2D eigenvalue weighted by atomic mass is 16.6. The average Bonchev–Trinajstić information content (AvgIpc) is 2.52. The zero-order valence-electron chi connectivity index (χ0n) is 12.5. The molecule has 0 radical (unpaired) electrons. The van der Waals surface area contributed by atoms with Crippen molar-refractivity contribution < 1.29 is 34.6 Å². The molecule has 0 amide bonds. The molecule has 0 spiro atoms. The van der Waals surface area contributed by atoms with Crippen LogP contribution in [-0.2, 0) is 0 Å². The van der Waals surface area contributed by atoms with E-state index in [9.17, 15) is 39.5 Å². The number of aromatic nitrogens is 1. The Hall–Kier alpha value is -4.22. The molecule has 0 atom stereocenters. The van der Waals surface area contributed by atoms with Crippen LogP contribution < -0.4 is 11.3 Å². The molecule has 0 aliphatic rings. The molecule has 0 bridgehead atoms. The number of nitrogens with zero attached hydrogens (tertiary/aromatic N) is 1. The first-order valence-electron chi connectivity index (χ1n) is 6.61. The van der Waals surface area contributed by atoms with Gasteiger partial charge in [0.15, 0.2) is 0 Å². The third-order valence-corrected chi connectivity index (χ3v) is 3.39. The smallest absolute Gasteiger partial charge is 0.342 e. The summed E-state index contributed by atoms with van der Waals surface area (Å²) in [6, 6.07) is 2.85. The summed E-state index contributed by atoms with van der Waals surface area (Å²) in [5.41, 5.74) is -1.33. The van der Waals surface area contributed by atoms with E-state index in [1.807, 2.05) is 4.98 Å². The van der Waals surface area contributed by atoms with Gasteiger partial charge in [-0.05, 0) is 12.1 Å². The summed E-state index contributed by atoms with van der Waals surface area (Å²) in [7, 11) is 0. The van der Waals surface area contributed by atoms with Gasteiger partial charge in [0, 0.05) is 5.56 Å². The van der Waals surface area contributed by atoms with Gasteiger partial charge in [0.05, 0.1) is 10.5 Å². The Kier molecular flexibility index (Phi) is 4.43. The molecule has 1 aromatic heterocycles. The summed E-state index contributed by atoms with van der Waals surface area (Å²) < 4.78 is 0. The van der Waals surface area contributed by atoms with E-state index in [4.69, 9.17) is 10.8 Å². The van der Waals surface area contributed by atoms with Crippen LogP contribution in [0.1, 0.15) is 31.1 Å². The van der Waals surface area contributed by atoms with Crippen LogP contribution in [0.4, 0.5) is 11.5 Å². The van der Waals surface area contributed by atoms with Crippen LogP contribution in [-0.4, -0.2) is 43.1 Å². The summed E-state index contributed by atoms with van der Waals surface area (Å²) >= 11 is 0. The number of nitrogens with one attached hydrogen (secondary N) is 1. The highest BCUT2D eigenvalue weighted by Gasteiger charge is 2.33. The second-order valence-electron chi connectivity index (χ2n) is 4.87. The Morgan fingerprint density at radius 3 is 2.08 bits per heavy atom. The zero-order valence-corrected chi connectivity index (χ0v) is 12.5. The van der Waals surface area contributed by atoms with E-state index >= 15 is 0 Å². The molecule has 0 aliphatic carbocycles. The first-order valence-corrected chi connectivity index (χ1v) is 6.61. The molecule has 0 saturated heterocycles. The summed E-state index contributed by atoms with van der Waals surface area (Å²) in [5, 5.41) is 39.1. The lowest BCUT2D eigenvalue weighted by Gasteiger charge is -2.13. The molecule has 0 unspecified atom stereocenters. The standard InChI is InChI=1S/C14H9N3O9/c15-10-7(13(21)22)6(8(14(23)24)11(18)16-10)4-2-1-3-5(12(19)20)9(4)17(25)26/h1-3H,(H,19,20)(H,21,22)(H,23,24)(H3,15,16,18). The van der Waals surface area contributed by atoms with Crippen molar-refractivity contribution in [3.8, 4) is 11.1 Å². The molecular weight excluding hydrogens is 354 g/mol. The van der Waals surface area contributed by atoms with E-state index in [1.165, 1.54) is 0 Å². The summed E-state index contributed by atoms with van der Waals surface area (Å²) in [5.74, 6) is -6.09. The van der Waals surface area contributed by atoms with Gasteiger partial charge in [-0.1, -0.05) is 6.07 Å². The van der Waals surface area contributed by atoms with E-state index < -0.39 is 67.7 Å². The monoisotopic (exact) mass is 363 g/mol. The maximum Gasteiger partial charge on any atom is 0.342 e. The van der Waals surface area contributed by atoms with Crippen LogP contribution in [0.3, 0.4) is 0 Å². The predicted octanol–water partition coefficient (Wildman–Crippen LogP) is 0.627. The Morgan fingerprint density at radius 1 is 1.04 bits per heavy atom. The number of rotatable bonds is 5. The first kappa shape index (κ1) is 18.1. The van der Waals surface area contributed by atoms with Crippen molar-refractivity contribution in [3.63, 3.8) is 0 Å². The largest absolute Gasteiger partial charge is 0.478 e. The highest BCUT2D eigenvalue weighted by molar-refractivity contribution is 6.09. The molecule has 1 heterocycles. The van der Waals surface area contributed by atoms with E-state index in [1.54, 1.807) is 0 Å². The topological polar surface area (TPSA) is 214 Å². The molecule has 0 saturated carbocycles. The second-order valence-corrected chi connectivity index (χ2v) is 4.87. The molecular formula is C14H9N3O9. The fraction of sp³-hybridized carbons (Fsp3) is 0. The SMILES string of the molecule is Nc1[nH]c(=O)c(C(=O)O)c(-c2cccc(C(=O)O)c2[N+](=O)[O-])c1C(=O)O. The van der Waals surface area contributed by atoms with Crippen LogP contribution in [0, 0.1) is 10.1 Å². The van der Waals surface area contributed by atoms with Crippen molar-refractivity contribution in [2.24, 2.45) is 0 Å². The van der Waals surface area contributed by atoms with Crippen molar-refractivity contribution in [1.29, 1.82) is 0 Å². The third-order valence-electron chi connectivity index (χ3n) is 3.39. The van der Waals surface area contributed by atoms with Crippen molar-refractivity contribution >= 4 is 29.4 Å². The number of nitro groups is 1. The molecule has 1 aromatic carbocycles. The van der Waals surface area contributed by atoms with Gasteiger partial charge in [0.1, 0.15) is 22.5 Å². The fourth-order valence-corrected chi connectivity index (χ4v) is 2.43. The van der Waals surface area contributed by atoms with Crippen LogP contribution in [0.5, 0.6) is 0 Å². The van der Waals surface area contributed by atoms with Crippen molar-refractivity contribution in [3.05, 3.63) is 55.4 Å². The number of carboxylic acid groups (broad SMARTS) is 3. The number of hydrogen-bond donors (Lipinski definition) is 5. The molecule has 2 aromatic rings. The number of carbonyl (C=O) groups is 3. The van der Waals surface area contributed by atoms with Crippen LogP contribution in [0.2, 0.25) is 0 Å². The first-order chi connectivity index (χ1) is 12.1. The van der Waals surface area contributed by atoms with E-state index in [0.717, 1.165) is 18.2 Å². The fourth-order valence-electron chi connectivity index (χ4n) is 2.43. The minimum atomic E-state index is -1.88. The second kappa shape index (κ2) is 6.35. The summed E-state index contributed by atoms with van der Waals surface area (Å²) in [6.45, 7) is 0. The molecule has 12 heteroatoms. The average molecular weight is 363 g/mol. The zero-order chi connectivity index (χ0) is 19.8. The minimum absolute atomic E-state index is 0.678. The van der Waals surface area contributed by atoms with E-state index in [0.29, 0.717) is 0 Å². The van der Waals surface area contributed by atoms with Gasteiger partial charge in [-0.25, -0.2) is 14.4 Å². The summed E-state index contributed by atoms with van der Waals surface area (Å²) in [4.78, 5) is 58.3. The number of anilines is 1. The number of H-pyrrole nitrogens is 1. The maximum absolute atomic E-state index is 12.0. The highest BCUT2D eigenvalue weighted by Crippen LogP contribution is 2.37. The lowest BCUT2D eigenvalue weighted by molar-refractivity contribution is -0.384. The van der Waals surface area contributed by atoms with Gasteiger partial charge in [-0.2, -0.15) is 0 Å². The van der Waals surface area contributed by atoms with Crippen molar-refractivity contribution in [1.82, 2.24) is 4.98 Å². The number of hydrogen-bond acceptors (Lipinski definition) is 7. The van der Waals surface area contributed by atoms with Crippen molar-refractivity contribution in [2.75, 3.05) is 5.73 Å². The van der Waals surface area contributed by atoms with Crippen molar-refractivity contribution in [2.45, 2.75) is 0 Å². The van der Waals surface area contributed by atoms with Gasteiger partial charge in [0.25, 0.3) is 11.2 Å². The quantitative estimate of drug-likeness (QED) is 0.368. The molecule has 134 valence electrons. The van der Waals surface area contributed by atoms with Gasteiger partial charge in [-0.15, -0.1) is 0 Å². The van der Waals surface area contributed by atoms with Crippen LogP contribution >= 0.6 is 0 Å². The number of nitro benzene ring substituents is 1. The number of nitrogens with two attached hydrogens (primary N) is 1. The van der Waals surface area contributed by atoms with Crippen LogP contribution in [0.15, 0.2) is 23.0 Å². The van der Waals surface area contributed by atoms with E-state index in [2.05, 4.69) is 0 Å². The number of aromatic carboxylic acids is 3. The lowest BCUT2D eigenvalue weighted by Crippen LogP contribution is -2.24. The molecule has 0 aliphatic heterocycles. The maximum atomic E-state index is 12.0. The van der Waals surface area contributed by atoms with Gasteiger partial charge >= 0.3 is 17.9 Å². The Labute approximate surface area is 142 Å². The molecule has 6 N–H and O–H groups in total. The summed E-state index contributed by atoms with van der Waals surface area (Å²) in [6.07, 6.45) is 0. The van der Waals surface area contributed by atoms with Gasteiger partial charge in [0.2, 0.25) is 0 Å². The Bertz CT molecular complexity index is 1040. The number of benzene rings is 1. The Balaban J connectivity index is 3.16. The van der Waals surface area contributed by atoms with E-state index in [-0.39, 0.29) is 0 Å². The lowest BCUT2D eigenvalue weighted by atomic mass is 9.92. The molecule has 26 heavy (non-hydrogen) atoms. The molecule has 12 nitrogen and oxygen atoms in total. The minimum Gasteiger partial charge on any atom is -0.478 e. The number of carboxylic acids is 3. The van der Waals surface area contributed by atoms with Gasteiger partial charge in [-0.3, -0.25) is 14.9 Å². The normalized spacial score (nSPS) is 10.3. The Morgan fingerprint density at radius 2 is 1.62 bits per heavy atom. The number of nitrogen functional groups attached to an aromatic ring is 1. The van der Waals surface area contributed by atoms with Gasteiger partial charge < -0.3 is 26.0 Å². The number of aromatic amines is 1. The molecule has 0 fully saturated rings. The number of para-hydroxylation sites is 1.